The Bertz CT molecular complexity index is 1090. The Hall–Kier alpha value is -2.98. The summed E-state index contributed by atoms with van der Waals surface area (Å²) in [6, 6.07) is 23.0. The van der Waals surface area contributed by atoms with Gasteiger partial charge in [0.2, 0.25) is 0 Å². The topological polar surface area (TPSA) is 38.8 Å². The Morgan fingerprint density at radius 1 is 0.970 bits per heavy atom. The zero-order valence-corrected chi connectivity index (χ0v) is 20.1. The Balaban J connectivity index is 1.49. The zero-order valence-electron chi connectivity index (χ0n) is 19.4. The molecule has 0 bridgehead atoms. The number of benzene rings is 3. The number of ether oxygens (including phenoxy) is 2. The van der Waals surface area contributed by atoms with Crippen LogP contribution in [0.2, 0.25) is 5.02 Å². The highest BCUT2D eigenvalue weighted by molar-refractivity contribution is 6.30. The lowest BCUT2D eigenvalue weighted by atomic mass is 9.93. The van der Waals surface area contributed by atoms with Gasteiger partial charge >= 0.3 is 0 Å². The summed E-state index contributed by atoms with van der Waals surface area (Å²) in [6.07, 6.45) is 1.67. The van der Waals surface area contributed by atoms with E-state index in [1.807, 2.05) is 41.3 Å². The summed E-state index contributed by atoms with van der Waals surface area (Å²) >= 11 is 6.02. The molecule has 172 valence electrons. The molecule has 3 aromatic carbocycles. The van der Waals surface area contributed by atoms with Crippen LogP contribution in [0.15, 0.2) is 72.8 Å². The summed E-state index contributed by atoms with van der Waals surface area (Å²) in [5, 5.41) is 0.616. The Morgan fingerprint density at radius 2 is 1.61 bits per heavy atom. The van der Waals surface area contributed by atoms with Crippen molar-refractivity contribution in [3.05, 3.63) is 94.5 Å². The second kappa shape index (κ2) is 9.88. The molecule has 3 aromatic rings. The van der Waals surface area contributed by atoms with Crippen molar-refractivity contribution >= 4 is 17.5 Å². The molecule has 0 saturated carbocycles. The highest BCUT2D eigenvalue weighted by Gasteiger charge is 2.31. The molecule has 1 unspecified atom stereocenters. The Kier molecular flexibility index (Phi) is 6.94. The van der Waals surface area contributed by atoms with E-state index in [1.54, 1.807) is 24.3 Å². The fraction of sp³-hybridized carbons (Fsp3) is 0.321. The molecule has 1 heterocycles. The van der Waals surface area contributed by atoms with Crippen LogP contribution in [0.4, 0.5) is 0 Å². The van der Waals surface area contributed by atoms with Gasteiger partial charge < -0.3 is 14.4 Å². The average Bonchev–Trinajstić information content (AvgIpc) is 2.83. The van der Waals surface area contributed by atoms with Crippen LogP contribution < -0.4 is 9.47 Å². The van der Waals surface area contributed by atoms with Crippen LogP contribution in [0.1, 0.15) is 48.7 Å². The van der Waals surface area contributed by atoms with Crippen molar-refractivity contribution in [3.8, 4) is 11.5 Å². The van der Waals surface area contributed by atoms with Crippen LogP contribution in [-0.2, 0) is 13.0 Å². The number of hydrogen-bond acceptors (Lipinski definition) is 3. The van der Waals surface area contributed by atoms with Gasteiger partial charge in [-0.2, -0.15) is 0 Å². The standard InChI is InChI=1S/C28H30ClNO3/c1-4-28(2,3)33-26-15-13-25(14-16-26)32-19-24-17-21-7-5-6-8-22(21)18-30(24)27(31)20-9-11-23(29)12-10-20/h5-16,24H,4,17-19H2,1-3H3. The number of nitrogens with zero attached hydrogens (tertiary/aromatic N) is 1. The average molecular weight is 464 g/mol. The van der Waals surface area contributed by atoms with Crippen LogP contribution in [0.3, 0.4) is 0 Å². The number of hydrogen-bond donors (Lipinski definition) is 0. The van der Waals surface area contributed by atoms with E-state index in [0.29, 0.717) is 23.7 Å². The number of carbonyl (C=O) groups is 1. The molecular weight excluding hydrogens is 434 g/mol. The summed E-state index contributed by atoms with van der Waals surface area (Å²) in [5.41, 5.74) is 2.86. The lowest BCUT2D eigenvalue weighted by molar-refractivity contribution is 0.0566. The molecule has 0 N–H and O–H groups in total. The second-order valence-electron chi connectivity index (χ2n) is 9.06. The maximum atomic E-state index is 13.4. The molecule has 0 fully saturated rings. The third kappa shape index (κ3) is 5.69. The van der Waals surface area contributed by atoms with Gasteiger partial charge in [-0.05, 0) is 86.3 Å². The van der Waals surface area contributed by atoms with Crippen LogP contribution in [0.5, 0.6) is 11.5 Å². The van der Waals surface area contributed by atoms with Crippen molar-refractivity contribution in [1.29, 1.82) is 0 Å². The van der Waals surface area contributed by atoms with E-state index < -0.39 is 0 Å². The van der Waals surface area contributed by atoms with Gasteiger partial charge in [-0.15, -0.1) is 0 Å². The van der Waals surface area contributed by atoms with Gasteiger partial charge in [0, 0.05) is 17.1 Å². The molecule has 0 aliphatic carbocycles. The first-order chi connectivity index (χ1) is 15.8. The van der Waals surface area contributed by atoms with E-state index in [0.717, 1.165) is 24.3 Å². The van der Waals surface area contributed by atoms with E-state index >= 15 is 0 Å². The third-order valence-electron chi connectivity index (χ3n) is 6.22. The van der Waals surface area contributed by atoms with Crippen molar-refractivity contribution in [3.63, 3.8) is 0 Å². The molecule has 1 aliphatic heterocycles. The normalized spacial score (nSPS) is 15.6. The van der Waals surface area contributed by atoms with Crippen LogP contribution in [-0.4, -0.2) is 29.1 Å². The minimum absolute atomic E-state index is 0.0136. The fourth-order valence-corrected chi connectivity index (χ4v) is 4.05. The summed E-state index contributed by atoms with van der Waals surface area (Å²) in [4.78, 5) is 15.3. The van der Waals surface area contributed by atoms with E-state index in [4.69, 9.17) is 21.1 Å². The number of halogens is 1. The predicted molar refractivity (Wildman–Crippen MR) is 132 cm³/mol. The summed E-state index contributed by atoms with van der Waals surface area (Å²) in [7, 11) is 0. The van der Waals surface area contributed by atoms with E-state index in [9.17, 15) is 4.79 Å². The largest absolute Gasteiger partial charge is 0.491 e. The fourth-order valence-electron chi connectivity index (χ4n) is 3.92. The molecule has 0 saturated heterocycles. The maximum absolute atomic E-state index is 13.4. The van der Waals surface area contributed by atoms with Crippen molar-refractivity contribution in [2.45, 2.75) is 51.8 Å². The van der Waals surface area contributed by atoms with Crippen molar-refractivity contribution in [2.75, 3.05) is 6.61 Å². The first kappa shape index (κ1) is 23.2. The smallest absolute Gasteiger partial charge is 0.254 e. The van der Waals surface area contributed by atoms with E-state index in [-0.39, 0.29) is 17.6 Å². The maximum Gasteiger partial charge on any atom is 0.254 e. The first-order valence-corrected chi connectivity index (χ1v) is 11.8. The molecule has 5 heteroatoms. The number of carbonyl (C=O) groups excluding carboxylic acids is 1. The number of fused-ring (bicyclic) bond motifs is 1. The molecule has 1 atom stereocenters. The third-order valence-corrected chi connectivity index (χ3v) is 6.47. The minimum atomic E-state index is -0.208. The van der Waals surface area contributed by atoms with Gasteiger partial charge in [0.05, 0.1) is 6.04 Å². The molecule has 33 heavy (non-hydrogen) atoms. The quantitative estimate of drug-likeness (QED) is 0.398. The number of rotatable bonds is 7. The van der Waals surface area contributed by atoms with Gasteiger partial charge in [0.1, 0.15) is 23.7 Å². The Morgan fingerprint density at radius 3 is 2.27 bits per heavy atom. The lowest BCUT2D eigenvalue weighted by Crippen LogP contribution is -2.47. The SMILES string of the molecule is CCC(C)(C)Oc1ccc(OCC2Cc3ccccc3CN2C(=O)c2ccc(Cl)cc2)cc1. The van der Waals surface area contributed by atoms with Crippen molar-refractivity contribution in [1.82, 2.24) is 4.90 Å². The molecular formula is C28H30ClNO3. The van der Waals surface area contributed by atoms with E-state index in [2.05, 4.69) is 32.9 Å². The van der Waals surface area contributed by atoms with Gasteiger partial charge in [0.25, 0.3) is 5.91 Å². The van der Waals surface area contributed by atoms with Crippen LogP contribution >= 0.6 is 11.6 Å². The molecule has 4 rings (SSSR count). The first-order valence-electron chi connectivity index (χ1n) is 11.4. The van der Waals surface area contributed by atoms with Crippen LogP contribution in [0, 0.1) is 0 Å². The zero-order chi connectivity index (χ0) is 23.4. The van der Waals surface area contributed by atoms with E-state index in [1.165, 1.54) is 11.1 Å². The van der Waals surface area contributed by atoms with Crippen molar-refractivity contribution in [2.24, 2.45) is 0 Å². The Labute approximate surface area is 201 Å². The molecule has 0 aromatic heterocycles. The lowest BCUT2D eigenvalue weighted by Gasteiger charge is -2.37. The highest BCUT2D eigenvalue weighted by atomic mass is 35.5. The molecule has 0 spiro atoms. The van der Waals surface area contributed by atoms with Crippen molar-refractivity contribution < 1.29 is 14.3 Å². The number of amides is 1. The molecule has 0 radical (unpaired) electrons. The highest BCUT2D eigenvalue weighted by Crippen LogP contribution is 2.27. The molecule has 1 amide bonds. The molecule has 4 nitrogen and oxygen atoms in total. The van der Waals surface area contributed by atoms with Gasteiger partial charge in [-0.1, -0.05) is 42.8 Å². The monoisotopic (exact) mass is 463 g/mol. The summed E-state index contributed by atoms with van der Waals surface area (Å²) in [5.74, 6) is 1.56. The van der Waals surface area contributed by atoms with Crippen LogP contribution in [0.25, 0.3) is 0 Å². The van der Waals surface area contributed by atoms with Gasteiger partial charge in [-0.25, -0.2) is 0 Å². The second-order valence-corrected chi connectivity index (χ2v) is 9.50. The predicted octanol–water partition coefficient (Wildman–Crippen LogP) is 6.55. The van der Waals surface area contributed by atoms with Gasteiger partial charge in [-0.3, -0.25) is 4.79 Å². The minimum Gasteiger partial charge on any atom is -0.491 e. The van der Waals surface area contributed by atoms with Gasteiger partial charge in [0.15, 0.2) is 0 Å². The summed E-state index contributed by atoms with van der Waals surface area (Å²) < 4.78 is 12.2. The summed E-state index contributed by atoms with van der Waals surface area (Å²) in [6.45, 7) is 7.23. The molecule has 1 aliphatic rings.